The average molecular weight is 347 g/mol. The van der Waals surface area contributed by atoms with Gasteiger partial charge in [0.1, 0.15) is 12.4 Å². The second kappa shape index (κ2) is 8.31. The Hall–Kier alpha value is -1.85. The Morgan fingerprint density at radius 2 is 1.79 bits per heavy atom. The lowest BCUT2D eigenvalue weighted by Gasteiger charge is -2.10. The van der Waals surface area contributed by atoms with Crippen molar-refractivity contribution in [2.75, 3.05) is 13.2 Å². The fourth-order valence-corrected chi connectivity index (χ4v) is 3.33. The number of nitrogens with one attached hydrogen (secondary N) is 1. The Morgan fingerprint density at radius 1 is 1.08 bits per heavy atom. The van der Waals surface area contributed by atoms with E-state index in [1.54, 1.807) is 12.1 Å². The van der Waals surface area contributed by atoms with Crippen molar-refractivity contribution >= 4 is 10.0 Å². The first kappa shape index (κ1) is 18.5. The molecule has 0 aliphatic carbocycles. The first-order valence-corrected chi connectivity index (χ1v) is 9.72. The van der Waals surface area contributed by atoms with Gasteiger partial charge in [0.05, 0.1) is 4.90 Å². The molecule has 4 nitrogen and oxygen atoms in total. The monoisotopic (exact) mass is 347 g/mol. The van der Waals surface area contributed by atoms with E-state index in [4.69, 9.17) is 4.74 Å². The van der Waals surface area contributed by atoms with Gasteiger partial charge in [0.15, 0.2) is 0 Å². The lowest BCUT2D eigenvalue weighted by atomic mass is 10.0. The zero-order valence-electron chi connectivity index (χ0n) is 14.5. The molecule has 0 bridgehead atoms. The lowest BCUT2D eigenvalue weighted by molar-refractivity contribution is 0.322. The molecule has 0 radical (unpaired) electrons. The first-order chi connectivity index (χ1) is 11.4. The minimum absolute atomic E-state index is 0.227. The Labute approximate surface area is 144 Å². The van der Waals surface area contributed by atoms with E-state index in [1.807, 2.05) is 36.4 Å². The van der Waals surface area contributed by atoms with E-state index < -0.39 is 10.0 Å². The summed E-state index contributed by atoms with van der Waals surface area (Å²) in [5.41, 5.74) is 2.31. The maximum atomic E-state index is 12.3. The highest BCUT2D eigenvalue weighted by Gasteiger charge is 2.13. The third-order valence-corrected chi connectivity index (χ3v) is 5.30. The molecular weight excluding hydrogens is 322 g/mol. The molecule has 0 unspecified atom stereocenters. The third kappa shape index (κ3) is 5.08. The highest BCUT2D eigenvalue weighted by molar-refractivity contribution is 7.89. The molecule has 0 fully saturated rings. The van der Waals surface area contributed by atoms with Crippen molar-refractivity contribution in [2.45, 2.75) is 38.0 Å². The second-order valence-corrected chi connectivity index (χ2v) is 7.74. The van der Waals surface area contributed by atoms with E-state index >= 15 is 0 Å². The Kier molecular flexibility index (Phi) is 6.40. The third-order valence-electron chi connectivity index (χ3n) is 3.83. The molecule has 0 saturated heterocycles. The largest absolute Gasteiger partial charge is 0.492 e. The molecule has 5 heteroatoms. The number of ether oxygens (including phenoxy) is 1. The van der Waals surface area contributed by atoms with Crippen LogP contribution in [0.15, 0.2) is 53.4 Å². The van der Waals surface area contributed by atoms with Crippen molar-refractivity contribution in [1.29, 1.82) is 0 Å². The zero-order valence-corrected chi connectivity index (χ0v) is 15.3. The fraction of sp³-hybridized carbons (Fsp3) is 0.368. The van der Waals surface area contributed by atoms with Crippen LogP contribution in [0, 0.1) is 0 Å². The van der Waals surface area contributed by atoms with Crippen LogP contribution in [-0.4, -0.2) is 21.6 Å². The van der Waals surface area contributed by atoms with Crippen LogP contribution in [0.4, 0.5) is 0 Å². The molecule has 24 heavy (non-hydrogen) atoms. The molecule has 0 heterocycles. The fourth-order valence-electron chi connectivity index (χ4n) is 2.32. The van der Waals surface area contributed by atoms with E-state index in [0.29, 0.717) is 5.92 Å². The van der Waals surface area contributed by atoms with Crippen LogP contribution >= 0.6 is 0 Å². The summed E-state index contributed by atoms with van der Waals surface area (Å²) in [4.78, 5) is 0.278. The van der Waals surface area contributed by atoms with Gasteiger partial charge < -0.3 is 4.74 Å². The van der Waals surface area contributed by atoms with Crippen LogP contribution < -0.4 is 9.46 Å². The molecule has 2 aromatic rings. The van der Waals surface area contributed by atoms with Crippen molar-refractivity contribution in [1.82, 2.24) is 4.72 Å². The molecule has 0 aromatic heterocycles. The molecule has 0 aliphatic heterocycles. The van der Waals surface area contributed by atoms with Crippen LogP contribution in [-0.2, 0) is 16.4 Å². The molecule has 130 valence electrons. The number of hydrogen-bond donors (Lipinski definition) is 1. The number of benzene rings is 2. The van der Waals surface area contributed by atoms with Gasteiger partial charge in [-0.2, -0.15) is 0 Å². The number of hydrogen-bond acceptors (Lipinski definition) is 3. The van der Waals surface area contributed by atoms with E-state index in [-0.39, 0.29) is 18.0 Å². The van der Waals surface area contributed by atoms with Gasteiger partial charge in [0.25, 0.3) is 0 Å². The summed E-state index contributed by atoms with van der Waals surface area (Å²) < 4.78 is 32.7. The molecule has 0 spiro atoms. The molecule has 0 atom stereocenters. The van der Waals surface area contributed by atoms with Gasteiger partial charge in [-0.15, -0.1) is 0 Å². The summed E-state index contributed by atoms with van der Waals surface area (Å²) in [6.45, 7) is 6.75. The summed E-state index contributed by atoms with van der Waals surface area (Å²) in [5, 5.41) is 0. The average Bonchev–Trinajstić information content (AvgIpc) is 2.59. The minimum atomic E-state index is -3.50. The van der Waals surface area contributed by atoms with Crippen LogP contribution in [0.3, 0.4) is 0 Å². The van der Waals surface area contributed by atoms with Gasteiger partial charge in [-0.3, -0.25) is 0 Å². The van der Waals surface area contributed by atoms with E-state index in [2.05, 4.69) is 25.5 Å². The Morgan fingerprint density at radius 3 is 2.42 bits per heavy atom. The first-order valence-electron chi connectivity index (χ1n) is 8.23. The van der Waals surface area contributed by atoms with E-state index in [9.17, 15) is 8.42 Å². The van der Waals surface area contributed by atoms with Crippen molar-refractivity contribution in [2.24, 2.45) is 0 Å². The summed E-state index contributed by atoms with van der Waals surface area (Å²) in [6.07, 6.45) is 0.941. The van der Waals surface area contributed by atoms with Gasteiger partial charge in [-0.05, 0) is 47.7 Å². The van der Waals surface area contributed by atoms with Crippen molar-refractivity contribution in [3.05, 3.63) is 59.7 Å². The van der Waals surface area contributed by atoms with Crippen LogP contribution in [0.25, 0.3) is 0 Å². The zero-order chi connectivity index (χ0) is 17.6. The molecule has 2 rings (SSSR count). The highest BCUT2D eigenvalue weighted by Crippen LogP contribution is 2.17. The van der Waals surface area contributed by atoms with Gasteiger partial charge in [0, 0.05) is 6.54 Å². The Bertz CT molecular complexity index is 752. The topological polar surface area (TPSA) is 55.4 Å². The van der Waals surface area contributed by atoms with Gasteiger partial charge >= 0.3 is 0 Å². The van der Waals surface area contributed by atoms with Crippen molar-refractivity contribution in [3.63, 3.8) is 0 Å². The maximum Gasteiger partial charge on any atom is 0.240 e. The summed E-state index contributed by atoms with van der Waals surface area (Å²) in [5.74, 6) is 1.14. The molecule has 0 saturated carbocycles. The molecule has 1 N–H and O–H groups in total. The summed E-state index contributed by atoms with van der Waals surface area (Å²) >= 11 is 0. The predicted octanol–water partition coefficient (Wildman–Crippen LogP) is 3.73. The maximum absolute atomic E-state index is 12.3. The molecule has 0 amide bonds. The van der Waals surface area contributed by atoms with Crippen LogP contribution in [0.1, 0.15) is 37.8 Å². The van der Waals surface area contributed by atoms with Crippen LogP contribution in [0.2, 0.25) is 0 Å². The van der Waals surface area contributed by atoms with E-state index in [1.165, 1.54) is 5.56 Å². The van der Waals surface area contributed by atoms with Crippen LogP contribution in [0.5, 0.6) is 5.75 Å². The second-order valence-electron chi connectivity index (χ2n) is 5.97. The highest BCUT2D eigenvalue weighted by atomic mass is 32.2. The standard InChI is InChI=1S/C19H25NO3S/c1-4-16-6-5-7-18(14-16)23-13-12-20-24(21,22)19-10-8-17(9-11-19)15(2)3/h5-11,14-15,20H,4,12-13H2,1-3H3. The SMILES string of the molecule is CCc1cccc(OCCNS(=O)(=O)c2ccc(C(C)C)cc2)c1. The molecule has 0 aliphatic rings. The minimum Gasteiger partial charge on any atom is -0.492 e. The Balaban J connectivity index is 1.88. The van der Waals surface area contributed by atoms with Gasteiger partial charge in [-0.1, -0.05) is 45.0 Å². The lowest BCUT2D eigenvalue weighted by Crippen LogP contribution is -2.28. The smallest absolute Gasteiger partial charge is 0.240 e. The van der Waals surface area contributed by atoms with Crippen molar-refractivity contribution < 1.29 is 13.2 Å². The normalized spacial score (nSPS) is 11.7. The summed E-state index contributed by atoms with van der Waals surface area (Å²) in [6, 6.07) is 14.8. The molecular formula is C19H25NO3S. The van der Waals surface area contributed by atoms with Crippen molar-refractivity contribution in [3.8, 4) is 5.75 Å². The predicted molar refractivity (Wildman–Crippen MR) is 97.0 cm³/mol. The van der Waals surface area contributed by atoms with Gasteiger partial charge in [-0.25, -0.2) is 13.1 Å². The summed E-state index contributed by atoms with van der Waals surface area (Å²) in [7, 11) is -3.50. The van der Waals surface area contributed by atoms with E-state index in [0.717, 1.165) is 17.7 Å². The quantitative estimate of drug-likeness (QED) is 0.740. The molecule has 2 aromatic carbocycles. The number of sulfonamides is 1. The number of rotatable bonds is 8. The number of aryl methyl sites for hydroxylation is 1. The van der Waals surface area contributed by atoms with Gasteiger partial charge in [0.2, 0.25) is 10.0 Å².